The summed E-state index contributed by atoms with van der Waals surface area (Å²) in [5.41, 5.74) is 1.44. The molecule has 0 saturated heterocycles. The summed E-state index contributed by atoms with van der Waals surface area (Å²) >= 11 is 0. The van der Waals surface area contributed by atoms with Crippen LogP contribution in [0.5, 0.6) is 0 Å². The number of hydrogen-bond acceptors (Lipinski definition) is 5. The molecule has 1 heterocycles. The van der Waals surface area contributed by atoms with Gasteiger partial charge in [-0.15, -0.1) is 0 Å². The molecule has 106 valence electrons. The van der Waals surface area contributed by atoms with Crippen molar-refractivity contribution in [3.05, 3.63) is 24.0 Å². The molecule has 1 atom stereocenters. The number of carbonyl (C=O) groups is 1. The van der Waals surface area contributed by atoms with Crippen LogP contribution >= 0.6 is 0 Å². The molecule has 1 aromatic heterocycles. The Morgan fingerprint density at radius 1 is 1.58 bits per heavy atom. The highest BCUT2D eigenvalue weighted by molar-refractivity contribution is 5.81. The van der Waals surface area contributed by atoms with Crippen LogP contribution in [0.3, 0.4) is 0 Å². The van der Waals surface area contributed by atoms with Crippen molar-refractivity contribution in [1.82, 2.24) is 10.3 Å². The summed E-state index contributed by atoms with van der Waals surface area (Å²) in [7, 11) is 3.41. The Kier molecular flexibility index (Phi) is 6.24. The number of pyridine rings is 1. The second kappa shape index (κ2) is 7.70. The molecule has 0 aromatic carbocycles. The molecule has 19 heavy (non-hydrogen) atoms. The molecule has 0 fully saturated rings. The van der Waals surface area contributed by atoms with Gasteiger partial charge in [-0.1, -0.05) is 0 Å². The van der Waals surface area contributed by atoms with Crippen molar-refractivity contribution in [2.45, 2.75) is 13.0 Å². The maximum absolute atomic E-state index is 11.6. The van der Waals surface area contributed by atoms with Gasteiger partial charge in [0.25, 0.3) is 0 Å². The lowest BCUT2D eigenvalue weighted by atomic mass is 10.2. The highest BCUT2D eigenvalue weighted by Crippen LogP contribution is 2.14. The summed E-state index contributed by atoms with van der Waals surface area (Å²) in [6.07, 6.45) is 1.06. The quantitative estimate of drug-likeness (QED) is 0.697. The number of aliphatic hydroxyl groups is 1. The molecule has 1 amide bonds. The fourth-order valence-electron chi connectivity index (χ4n) is 1.53. The van der Waals surface area contributed by atoms with E-state index in [1.807, 2.05) is 13.1 Å². The van der Waals surface area contributed by atoms with Crippen molar-refractivity contribution >= 4 is 11.6 Å². The lowest BCUT2D eigenvalue weighted by molar-refractivity contribution is -0.119. The van der Waals surface area contributed by atoms with E-state index >= 15 is 0 Å². The van der Waals surface area contributed by atoms with E-state index in [9.17, 15) is 9.90 Å². The van der Waals surface area contributed by atoms with Crippen molar-refractivity contribution in [2.24, 2.45) is 0 Å². The number of methoxy groups -OCH3 is 1. The molecule has 0 spiro atoms. The average Bonchev–Trinajstić information content (AvgIpc) is 2.39. The third kappa shape index (κ3) is 5.23. The molecule has 0 aliphatic carbocycles. The lowest BCUT2D eigenvalue weighted by Crippen LogP contribution is -2.36. The second-order valence-electron chi connectivity index (χ2n) is 4.32. The van der Waals surface area contributed by atoms with Crippen LogP contribution in [0, 0.1) is 0 Å². The smallest absolute Gasteiger partial charge is 0.239 e. The van der Waals surface area contributed by atoms with Gasteiger partial charge in [0.1, 0.15) is 0 Å². The molecule has 0 saturated carbocycles. The van der Waals surface area contributed by atoms with Crippen LogP contribution < -0.4 is 10.2 Å². The molecule has 0 aliphatic heterocycles. The normalized spacial score (nSPS) is 12.0. The first-order chi connectivity index (χ1) is 9.04. The van der Waals surface area contributed by atoms with Gasteiger partial charge >= 0.3 is 0 Å². The Balaban J connectivity index is 2.48. The summed E-state index contributed by atoms with van der Waals surface area (Å²) in [6.45, 7) is 2.91. The molecule has 2 N–H and O–H groups in total. The van der Waals surface area contributed by atoms with Crippen LogP contribution in [0.25, 0.3) is 0 Å². The second-order valence-corrected chi connectivity index (χ2v) is 4.32. The number of ether oxygens (including phenoxy) is 1. The van der Waals surface area contributed by atoms with Crippen LogP contribution in [0.15, 0.2) is 18.3 Å². The van der Waals surface area contributed by atoms with Crippen molar-refractivity contribution in [2.75, 3.05) is 38.8 Å². The van der Waals surface area contributed by atoms with Crippen molar-refractivity contribution in [1.29, 1.82) is 0 Å². The molecule has 0 aliphatic rings. The molecule has 0 unspecified atom stereocenters. The van der Waals surface area contributed by atoms with E-state index in [-0.39, 0.29) is 12.5 Å². The van der Waals surface area contributed by atoms with Crippen LogP contribution in [0.1, 0.15) is 18.7 Å². The number of rotatable bonds is 7. The maximum atomic E-state index is 11.6. The van der Waals surface area contributed by atoms with Gasteiger partial charge in [-0.25, -0.2) is 0 Å². The van der Waals surface area contributed by atoms with E-state index in [2.05, 4.69) is 10.3 Å². The predicted octanol–water partition coefficient (Wildman–Crippen LogP) is 0.334. The van der Waals surface area contributed by atoms with Gasteiger partial charge in [-0.05, 0) is 19.1 Å². The molecular weight excluding hydrogens is 246 g/mol. The summed E-state index contributed by atoms with van der Waals surface area (Å²) in [4.78, 5) is 17.5. The summed E-state index contributed by atoms with van der Waals surface area (Å²) in [6, 6.07) is 3.58. The van der Waals surface area contributed by atoms with Crippen LogP contribution in [0.2, 0.25) is 0 Å². The van der Waals surface area contributed by atoms with Crippen molar-refractivity contribution in [3.8, 4) is 0 Å². The lowest BCUT2D eigenvalue weighted by Gasteiger charge is -2.18. The Hall–Kier alpha value is -1.66. The fourth-order valence-corrected chi connectivity index (χ4v) is 1.53. The molecule has 1 aromatic rings. The molecule has 6 nitrogen and oxygen atoms in total. The number of nitrogens with one attached hydrogen (secondary N) is 1. The van der Waals surface area contributed by atoms with Gasteiger partial charge in [-0.2, -0.15) is 0 Å². The minimum Gasteiger partial charge on any atom is -0.387 e. The van der Waals surface area contributed by atoms with E-state index in [0.29, 0.717) is 18.8 Å². The first-order valence-electron chi connectivity index (χ1n) is 6.15. The first-order valence-corrected chi connectivity index (χ1v) is 6.15. The van der Waals surface area contributed by atoms with Crippen LogP contribution in [-0.2, 0) is 9.53 Å². The number of aromatic nitrogens is 1. The third-order valence-electron chi connectivity index (χ3n) is 2.65. The highest BCUT2D eigenvalue weighted by atomic mass is 16.5. The van der Waals surface area contributed by atoms with Crippen LogP contribution in [-0.4, -0.2) is 49.9 Å². The fraction of sp³-hybridized carbons (Fsp3) is 0.538. The van der Waals surface area contributed by atoms with Gasteiger partial charge in [0, 0.05) is 20.7 Å². The Morgan fingerprint density at radius 3 is 2.84 bits per heavy atom. The number of aliphatic hydroxyl groups excluding tert-OH is 1. The Morgan fingerprint density at radius 2 is 2.32 bits per heavy atom. The zero-order valence-corrected chi connectivity index (χ0v) is 11.6. The molecule has 6 heteroatoms. The maximum Gasteiger partial charge on any atom is 0.239 e. The van der Waals surface area contributed by atoms with E-state index < -0.39 is 6.10 Å². The summed E-state index contributed by atoms with van der Waals surface area (Å²) in [5.74, 6) is -0.0702. The van der Waals surface area contributed by atoms with Crippen molar-refractivity contribution in [3.63, 3.8) is 0 Å². The number of carbonyl (C=O) groups excluding carboxylic acids is 1. The number of amides is 1. The SMILES string of the molecule is COCCNC(=O)CN(C)c1ccc([C@H](C)O)nc1. The third-order valence-corrected chi connectivity index (χ3v) is 2.65. The van der Waals surface area contributed by atoms with Gasteiger partial charge in [-0.3, -0.25) is 9.78 Å². The van der Waals surface area contributed by atoms with Gasteiger partial charge < -0.3 is 20.1 Å². The van der Waals surface area contributed by atoms with E-state index in [0.717, 1.165) is 5.69 Å². The number of nitrogens with zero attached hydrogens (tertiary/aromatic N) is 2. The standard InChI is InChI=1S/C13H21N3O3/c1-10(17)12-5-4-11(8-15-12)16(2)9-13(18)14-6-7-19-3/h4-5,8,10,17H,6-7,9H2,1-3H3,(H,14,18)/t10-/m0/s1. The molecular formula is C13H21N3O3. The first kappa shape index (κ1) is 15.4. The van der Waals surface area contributed by atoms with Gasteiger partial charge in [0.15, 0.2) is 0 Å². The zero-order chi connectivity index (χ0) is 14.3. The average molecular weight is 267 g/mol. The molecule has 0 radical (unpaired) electrons. The van der Waals surface area contributed by atoms with Gasteiger partial charge in [0.05, 0.1) is 36.8 Å². The summed E-state index contributed by atoms with van der Waals surface area (Å²) in [5, 5.41) is 12.1. The number of anilines is 1. The largest absolute Gasteiger partial charge is 0.387 e. The Labute approximate surface area is 113 Å². The minimum absolute atomic E-state index is 0.0702. The van der Waals surface area contributed by atoms with Gasteiger partial charge in [0.2, 0.25) is 5.91 Å². The molecule has 0 bridgehead atoms. The van der Waals surface area contributed by atoms with Crippen molar-refractivity contribution < 1.29 is 14.6 Å². The monoisotopic (exact) mass is 267 g/mol. The predicted molar refractivity (Wildman–Crippen MR) is 73.0 cm³/mol. The summed E-state index contributed by atoms with van der Waals surface area (Å²) < 4.78 is 4.86. The topological polar surface area (TPSA) is 74.7 Å². The number of hydrogen-bond donors (Lipinski definition) is 2. The molecule has 1 rings (SSSR count). The zero-order valence-electron chi connectivity index (χ0n) is 11.6. The highest BCUT2D eigenvalue weighted by Gasteiger charge is 2.08. The van der Waals surface area contributed by atoms with E-state index in [4.69, 9.17) is 4.74 Å². The minimum atomic E-state index is -0.586. The van der Waals surface area contributed by atoms with E-state index in [1.54, 1.807) is 31.2 Å². The van der Waals surface area contributed by atoms with E-state index in [1.165, 1.54) is 0 Å². The van der Waals surface area contributed by atoms with Crippen LogP contribution in [0.4, 0.5) is 5.69 Å². The number of likely N-dealkylation sites (N-methyl/N-ethyl adjacent to an activating group) is 1. The Bertz CT molecular complexity index is 393.